The van der Waals surface area contributed by atoms with Gasteiger partial charge in [-0.3, -0.25) is 4.79 Å². The van der Waals surface area contributed by atoms with E-state index in [2.05, 4.69) is 15.3 Å². The number of anilines is 2. The Labute approximate surface area is 159 Å². The maximum absolute atomic E-state index is 12.2. The van der Waals surface area contributed by atoms with Gasteiger partial charge >= 0.3 is 0 Å². The highest BCUT2D eigenvalue weighted by Crippen LogP contribution is 2.33. The van der Waals surface area contributed by atoms with Crippen LogP contribution in [0, 0.1) is 20.8 Å². The van der Waals surface area contributed by atoms with Gasteiger partial charge in [-0.15, -0.1) is 11.3 Å². The summed E-state index contributed by atoms with van der Waals surface area (Å²) in [6.07, 6.45) is 0. The van der Waals surface area contributed by atoms with Gasteiger partial charge in [-0.05, 0) is 44.0 Å². The fourth-order valence-electron chi connectivity index (χ4n) is 2.36. The standard InChI is InChI=1S/C17H17ClN4OS2/c1-8-4-5-12(11(18)6-8)20-13(23)7-24-17-21-15(19)14-9(2)10(3)25-16(14)22-17/h4-6H,7H2,1-3H3,(H,20,23)(H2,19,21,22). The Morgan fingerprint density at radius 2 is 2.08 bits per heavy atom. The van der Waals surface area contributed by atoms with Crippen LogP contribution < -0.4 is 11.1 Å². The Balaban J connectivity index is 1.70. The zero-order valence-electron chi connectivity index (χ0n) is 14.0. The topological polar surface area (TPSA) is 80.9 Å². The average Bonchev–Trinajstić information content (AvgIpc) is 2.83. The zero-order chi connectivity index (χ0) is 18.1. The van der Waals surface area contributed by atoms with Crippen LogP contribution >= 0.6 is 34.7 Å². The number of rotatable bonds is 4. The van der Waals surface area contributed by atoms with Gasteiger partial charge in [-0.25, -0.2) is 9.97 Å². The minimum Gasteiger partial charge on any atom is -0.383 e. The molecule has 2 aromatic heterocycles. The van der Waals surface area contributed by atoms with Crippen LogP contribution in [0.4, 0.5) is 11.5 Å². The van der Waals surface area contributed by atoms with Gasteiger partial charge in [-0.2, -0.15) is 0 Å². The lowest BCUT2D eigenvalue weighted by atomic mass is 10.2. The van der Waals surface area contributed by atoms with Gasteiger partial charge in [0, 0.05) is 4.88 Å². The lowest BCUT2D eigenvalue weighted by molar-refractivity contribution is -0.113. The molecule has 0 spiro atoms. The number of nitrogen functional groups attached to an aromatic ring is 1. The second-order valence-electron chi connectivity index (χ2n) is 5.67. The van der Waals surface area contributed by atoms with Crippen molar-refractivity contribution in [2.45, 2.75) is 25.9 Å². The molecule has 0 aliphatic heterocycles. The highest BCUT2D eigenvalue weighted by molar-refractivity contribution is 7.99. The predicted molar refractivity (Wildman–Crippen MR) is 107 cm³/mol. The second kappa shape index (κ2) is 7.19. The largest absolute Gasteiger partial charge is 0.383 e. The fourth-order valence-corrected chi connectivity index (χ4v) is 4.39. The number of amides is 1. The normalized spacial score (nSPS) is 11.0. The van der Waals surface area contributed by atoms with Gasteiger partial charge < -0.3 is 11.1 Å². The molecule has 0 aliphatic carbocycles. The summed E-state index contributed by atoms with van der Waals surface area (Å²) in [7, 11) is 0. The van der Waals surface area contributed by atoms with Crippen molar-refractivity contribution in [3.05, 3.63) is 39.2 Å². The number of nitrogens with zero attached hydrogens (tertiary/aromatic N) is 2. The predicted octanol–water partition coefficient (Wildman–Crippen LogP) is 4.58. The zero-order valence-corrected chi connectivity index (χ0v) is 16.4. The van der Waals surface area contributed by atoms with Gasteiger partial charge in [0.1, 0.15) is 10.6 Å². The molecule has 5 nitrogen and oxygen atoms in total. The molecule has 0 saturated carbocycles. The van der Waals surface area contributed by atoms with Crippen LogP contribution in [0.5, 0.6) is 0 Å². The molecule has 0 atom stereocenters. The smallest absolute Gasteiger partial charge is 0.234 e. The second-order valence-corrected chi connectivity index (χ2v) is 8.23. The number of carbonyl (C=O) groups is 1. The third-order valence-electron chi connectivity index (χ3n) is 3.77. The third kappa shape index (κ3) is 3.89. The number of hydrogen-bond donors (Lipinski definition) is 2. The SMILES string of the molecule is Cc1ccc(NC(=O)CSc2nc(N)c3c(C)c(C)sc3n2)c(Cl)c1. The Bertz CT molecular complexity index is 971. The summed E-state index contributed by atoms with van der Waals surface area (Å²) in [5.41, 5.74) is 8.80. The van der Waals surface area contributed by atoms with Crippen LogP contribution in [0.25, 0.3) is 10.2 Å². The first-order chi connectivity index (χ1) is 11.8. The molecule has 2 heterocycles. The average molecular weight is 393 g/mol. The third-order valence-corrected chi connectivity index (χ3v) is 6.03. The number of thiophene rings is 1. The number of fused-ring (bicyclic) bond motifs is 1. The van der Waals surface area contributed by atoms with Gasteiger partial charge in [-0.1, -0.05) is 29.4 Å². The highest BCUT2D eigenvalue weighted by Gasteiger charge is 2.14. The molecule has 3 N–H and O–H groups in total. The molecule has 1 amide bonds. The number of hydrogen-bond acceptors (Lipinski definition) is 6. The van der Waals surface area contributed by atoms with Crippen molar-refractivity contribution in [2.75, 3.05) is 16.8 Å². The van der Waals surface area contributed by atoms with Crippen LogP contribution in [0.3, 0.4) is 0 Å². The number of benzene rings is 1. The first kappa shape index (κ1) is 18.0. The van der Waals surface area contributed by atoms with Gasteiger partial charge in [0.05, 0.1) is 21.8 Å². The summed E-state index contributed by atoms with van der Waals surface area (Å²) in [6.45, 7) is 5.99. The molecule has 1 aromatic carbocycles. The minimum atomic E-state index is -0.170. The number of aromatic nitrogens is 2. The summed E-state index contributed by atoms with van der Waals surface area (Å²) in [6, 6.07) is 5.50. The maximum Gasteiger partial charge on any atom is 0.234 e. The quantitative estimate of drug-likeness (QED) is 0.501. The molecule has 8 heteroatoms. The molecule has 130 valence electrons. The van der Waals surface area contributed by atoms with E-state index in [0.717, 1.165) is 21.3 Å². The van der Waals surface area contributed by atoms with E-state index in [1.54, 1.807) is 17.4 Å². The van der Waals surface area contributed by atoms with E-state index >= 15 is 0 Å². The van der Waals surface area contributed by atoms with Gasteiger partial charge in [0.2, 0.25) is 5.91 Å². The molecule has 0 bridgehead atoms. The van der Waals surface area contributed by atoms with E-state index in [-0.39, 0.29) is 11.7 Å². The molecule has 3 aromatic rings. The van der Waals surface area contributed by atoms with Crippen molar-refractivity contribution in [1.82, 2.24) is 9.97 Å². The van der Waals surface area contributed by atoms with Crippen LogP contribution in [0.1, 0.15) is 16.0 Å². The van der Waals surface area contributed by atoms with Crippen molar-refractivity contribution in [3.8, 4) is 0 Å². The van der Waals surface area contributed by atoms with Crippen molar-refractivity contribution in [1.29, 1.82) is 0 Å². The van der Waals surface area contributed by atoms with E-state index < -0.39 is 0 Å². The minimum absolute atomic E-state index is 0.170. The van der Waals surface area contributed by atoms with Crippen molar-refractivity contribution in [2.24, 2.45) is 0 Å². The number of carbonyl (C=O) groups excluding carboxylic acids is 1. The van der Waals surface area contributed by atoms with Crippen LogP contribution in [0.15, 0.2) is 23.4 Å². The number of thioether (sulfide) groups is 1. The van der Waals surface area contributed by atoms with Gasteiger partial charge in [0.15, 0.2) is 5.16 Å². The number of aryl methyl sites for hydroxylation is 3. The van der Waals surface area contributed by atoms with E-state index in [9.17, 15) is 4.79 Å². The Morgan fingerprint density at radius 3 is 2.80 bits per heavy atom. The summed E-state index contributed by atoms with van der Waals surface area (Å²) in [5.74, 6) is 0.464. The van der Waals surface area contributed by atoms with E-state index in [1.165, 1.54) is 16.6 Å². The molecule has 0 fully saturated rings. The molecule has 0 aliphatic rings. The molecular formula is C17H17ClN4OS2. The summed E-state index contributed by atoms with van der Waals surface area (Å²) in [5, 5.41) is 4.72. The maximum atomic E-state index is 12.2. The fraction of sp³-hybridized carbons (Fsp3) is 0.235. The van der Waals surface area contributed by atoms with Gasteiger partial charge in [0.25, 0.3) is 0 Å². The van der Waals surface area contributed by atoms with Crippen molar-refractivity contribution < 1.29 is 4.79 Å². The monoisotopic (exact) mass is 392 g/mol. The molecule has 3 rings (SSSR count). The first-order valence-corrected chi connectivity index (χ1v) is 9.75. The Kier molecular flexibility index (Phi) is 5.17. The van der Waals surface area contributed by atoms with Crippen LogP contribution in [0.2, 0.25) is 5.02 Å². The molecule has 0 radical (unpaired) electrons. The van der Waals surface area contributed by atoms with Crippen molar-refractivity contribution in [3.63, 3.8) is 0 Å². The molecule has 0 unspecified atom stereocenters. The highest BCUT2D eigenvalue weighted by atomic mass is 35.5. The van der Waals surface area contributed by atoms with Crippen LogP contribution in [-0.4, -0.2) is 21.6 Å². The number of nitrogens with two attached hydrogens (primary N) is 1. The van der Waals surface area contributed by atoms with E-state index in [4.69, 9.17) is 17.3 Å². The van der Waals surface area contributed by atoms with E-state index in [0.29, 0.717) is 21.7 Å². The van der Waals surface area contributed by atoms with Crippen molar-refractivity contribution >= 4 is 62.3 Å². The van der Waals surface area contributed by atoms with Crippen LogP contribution in [-0.2, 0) is 4.79 Å². The Morgan fingerprint density at radius 1 is 1.32 bits per heavy atom. The molecular weight excluding hydrogens is 376 g/mol. The lowest BCUT2D eigenvalue weighted by Gasteiger charge is -2.08. The summed E-state index contributed by atoms with van der Waals surface area (Å²) in [4.78, 5) is 23.0. The van der Waals surface area contributed by atoms with E-state index in [1.807, 2.05) is 32.9 Å². The molecule has 25 heavy (non-hydrogen) atoms. The Hall–Kier alpha value is -1.83. The number of nitrogens with one attached hydrogen (secondary N) is 1. The summed E-state index contributed by atoms with van der Waals surface area (Å²) < 4.78 is 0. The first-order valence-electron chi connectivity index (χ1n) is 7.57. The summed E-state index contributed by atoms with van der Waals surface area (Å²) >= 11 is 8.97. The number of halogens is 1. The lowest BCUT2D eigenvalue weighted by Crippen LogP contribution is -2.14. The molecule has 0 saturated heterocycles.